The number of thioether (sulfide) groups is 1. The van der Waals surface area contributed by atoms with Gasteiger partial charge in [0, 0.05) is 43.7 Å². The molecule has 1 amide bonds. The predicted molar refractivity (Wildman–Crippen MR) is 165 cm³/mol. The van der Waals surface area contributed by atoms with E-state index in [1.807, 2.05) is 61.6 Å². The summed E-state index contributed by atoms with van der Waals surface area (Å²) in [6.07, 6.45) is 3.00. The van der Waals surface area contributed by atoms with Crippen LogP contribution in [0.5, 0.6) is 0 Å². The van der Waals surface area contributed by atoms with Crippen LogP contribution in [-0.4, -0.2) is 48.1 Å². The highest BCUT2D eigenvalue weighted by Crippen LogP contribution is 2.39. The first kappa shape index (κ1) is 29.6. The average molecular weight is 609 g/mol. The van der Waals surface area contributed by atoms with E-state index in [2.05, 4.69) is 44.0 Å². The molecule has 44 heavy (non-hydrogen) atoms. The number of hydrogen-bond donors (Lipinski definition) is 2. The van der Waals surface area contributed by atoms with Gasteiger partial charge < -0.3 is 19.9 Å². The number of nitrogens with zero attached hydrogens (tertiary/aromatic N) is 5. The van der Waals surface area contributed by atoms with Gasteiger partial charge in [-0.25, -0.2) is 4.68 Å². The highest BCUT2D eigenvalue weighted by atomic mass is 32.2. The monoisotopic (exact) mass is 608 g/mol. The summed E-state index contributed by atoms with van der Waals surface area (Å²) in [5, 5.41) is 24.9. The number of amides is 1. The molecule has 6 rings (SSSR count). The zero-order chi connectivity index (χ0) is 30.3. The molecule has 2 aromatic heterocycles. The molecule has 0 saturated carbocycles. The molecule has 1 aliphatic heterocycles. The van der Waals surface area contributed by atoms with E-state index >= 15 is 0 Å². The van der Waals surface area contributed by atoms with Crippen LogP contribution in [0.25, 0.3) is 11.1 Å². The molecule has 0 radical (unpaired) electrons. The number of aliphatic hydroxyl groups is 1. The molecule has 1 fully saturated rings. The summed E-state index contributed by atoms with van der Waals surface area (Å²) in [5.74, 6) is 0.494. The Labute approximate surface area is 259 Å². The molecule has 1 aliphatic rings. The summed E-state index contributed by atoms with van der Waals surface area (Å²) in [7, 11) is 1.82. The van der Waals surface area contributed by atoms with Gasteiger partial charge in [-0.1, -0.05) is 84.6 Å². The van der Waals surface area contributed by atoms with Crippen LogP contribution in [0, 0.1) is 0 Å². The van der Waals surface area contributed by atoms with Crippen molar-refractivity contribution in [3.63, 3.8) is 0 Å². The highest BCUT2D eigenvalue weighted by Gasteiger charge is 2.32. The lowest BCUT2D eigenvalue weighted by Crippen LogP contribution is -2.31. The van der Waals surface area contributed by atoms with Crippen LogP contribution >= 0.6 is 11.8 Å². The number of carbonyl (C=O) groups is 1. The number of pyridine rings is 1. The van der Waals surface area contributed by atoms with E-state index in [0.29, 0.717) is 24.3 Å². The second-order valence-corrected chi connectivity index (χ2v) is 11.4. The number of carbonyl (C=O) groups excluding carboxylic acids is 1. The molecule has 2 N–H and O–H groups in total. The lowest BCUT2D eigenvalue weighted by molar-refractivity contribution is -0.245. The van der Waals surface area contributed by atoms with Crippen molar-refractivity contribution in [2.24, 2.45) is 7.05 Å². The minimum Gasteiger partial charge on any atom is -0.392 e. The minimum atomic E-state index is -0.572. The quantitative estimate of drug-likeness (QED) is 0.210. The van der Waals surface area contributed by atoms with Gasteiger partial charge in [0.2, 0.25) is 5.16 Å². The van der Waals surface area contributed by atoms with Crippen molar-refractivity contribution in [1.82, 2.24) is 30.5 Å². The minimum absolute atomic E-state index is 0.00506. The van der Waals surface area contributed by atoms with Crippen molar-refractivity contribution in [2.75, 3.05) is 5.75 Å². The summed E-state index contributed by atoms with van der Waals surface area (Å²) in [4.78, 5) is 16.6. The number of aromatic nitrogens is 5. The molecule has 3 heterocycles. The van der Waals surface area contributed by atoms with E-state index in [4.69, 9.17) is 9.47 Å². The molecule has 11 heteroatoms. The summed E-state index contributed by atoms with van der Waals surface area (Å²) < 4.78 is 14.6. The molecule has 3 aromatic carbocycles. The van der Waals surface area contributed by atoms with Crippen LogP contribution in [0.15, 0.2) is 102 Å². The molecule has 1 saturated heterocycles. The number of nitrogens with one attached hydrogen (secondary N) is 1. The fraction of sp³-hybridized carbons (Fsp3) is 0.242. The van der Waals surface area contributed by atoms with Crippen LogP contribution in [0.1, 0.15) is 51.4 Å². The fourth-order valence-corrected chi connectivity index (χ4v) is 5.95. The Bertz CT molecular complexity index is 1680. The number of ether oxygens (including phenoxy) is 2. The maximum Gasteiger partial charge on any atom is 0.253 e. The summed E-state index contributed by atoms with van der Waals surface area (Å²) in [5.41, 5.74) is 6.37. The molecular weight excluding hydrogens is 576 g/mol. The van der Waals surface area contributed by atoms with Gasteiger partial charge >= 0.3 is 0 Å². The van der Waals surface area contributed by atoms with Gasteiger partial charge in [-0.15, -0.1) is 5.10 Å². The number of benzene rings is 3. The lowest BCUT2D eigenvalue weighted by atomic mass is 9.97. The van der Waals surface area contributed by atoms with Gasteiger partial charge in [-0.05, 0) is 50.4 Å². The molecule has 0 spiro atoms. The molecule has 0 bridgehead atoms. The van der Waals surface area contributed by atoms with E-state index in [0.717, 1.165) is 38.5 Å². The van der Waals surface area contributed by atoms with Gasteiger partial charge in [-0.3, -0.25) is 9.78 Å². The zero-order valence-electron chi connectivity index (χ0n) is 24.1. The molecule has 3 atom stereocenters. The van der Waals surface area contributed by atoms with Gasteiger partial charge in [-0.2, -0.15) is 0 Å². The Morgan fingerprint density at radius 2 is 1.80 bits per heavy atom. The van der Waals surface area contributed by atoms with Crippen molar-refractivity contribution < 1.29 is 19.4 Å². The molecule has 224 valence electrons. The van der Waals surface area contributed by atoms with Gasteiger partial charge in [0.05, 0.1) is 24.4 Å². The molecule has 3 unspecified atom stereocenters. The number of aliphatic hydroxyl groups excluding tert-OH is 1. The van der Waals surface area contributed by atoms with E-state index in [9.17, 15) is 9.90 Å². The first-order valence-corrected chi connectivity index (χ1v) is 15.3. The lowest BCUT2D eigenvalue weighted by Gasteiger charge is -2.36. The fourth-order valence-electron chi connectivity index (χ4n) is 5.08. The van der Waals surface area contributed by atoms with E-state index < -0.39 is 6.29 Å². The maximum absolute atomic E-state index is 12.6. The first-order valence-electron chi connectivity index (χ1n) is 14.3. The summed E-state index contributed by atoms with van der Waals surface area (Å²) in [6, 6.07) is 27.5. The number of aryl methyl sites for hydroxylation is 1. The smallest absolute Gasteiger partial charge is 0.253 e. The standard InChI is InChI=1S/C33H32N6O4S/c1-39-33(36-37-38-39)44-21-28-17-30(24-10-8-22(20-40)9-11-24)43-32(42-28)25-14-12-23(13-15-25)29-7-3-2-5-26(29)19-35-31(41)27-6-4-16-34-18-27/h2-16,18,28,30,32,40H,17,19-21H2,1H3,(H,35,41). The molecule has 5 aromatic rings. The van der Waals surface area contributed by atoms with Crippen molar-refractivity contribution in [3.8, 4) is 11.1 Å². The SMILES string of the molecule is Cn1nnnc1SCC1CC(c2ccc(CO)cc2)OC(c2ccc(-c3ccccc3CNC(=O)c3cccnc3)cc2)O1. The molecular formula is C33H32N6O4S. The van der Waals surface area contributed by atoms with E-state index in [1.54, 1.807) is 41.0 Å². The Kier molecular flexibility index (Phi) is 9.37. The van der Waals surface area contributed by atoms with Crippen LogP contribution < -0.4 is 5.32 Å². The summed E-state index contributed by atoms with van der Waals surface area (Å²) >= 11 is 1.55. The van der Waals surface area contributed by atoms with Crippen molar-refractivity contribution in [1.29, 1.82) is 0 Å². The third kappa shape index (κ3) is 7.03. The maximum atomic E-state index is 12.6. The van der Waals surface area contributed by atoms with Crippen molar-refractivity contribution >= 4 is 17.7 Å². The first-order chi connectivity index (χ1) is 21.6. The van der Waals surface area contributed by atoms with Crippen molar-refractivity contribution in [2.45, 2.75) is 43.2 Å². The normalized spacial score (nSPS) is 18.2. The van der Waals surface area contributed by atoms with Gasteiger partial charge in [0.25, 0.3) is 5.91 Å². The molecule has 0 aliphatic carbocycles. The third-order valence-electron chi connectivity index (χ3n) is 7.47. The van der Waals surface area contributed by atoms with Gasteiger partial charge in [0.15, 0.2) is 6.29 Å². The Morgan fingerprint density at radius 3 is 2.52 bits per heavy atom. The molecule has 10 nitrogen and oxygen atoms in total. The number of hydrogen-bond acceptors (Lipinski definition) is 9. The predicted octanol–water partition coefficient (Wildman–Crippen LogP) is 5.03. The van der Waals surface area contributed by atoms with E-state index in [1.165, 1.54) is 0 Å². The Balaban J connectivity index is 1.19. The second kappa shape index (κ2) is 13.9. The Morgan fingerprint density at radius 1 is 1.00 bits per heavy atom. The van der Waals surface area contributed by atoms with Crippen LogP contribution in [0.3, 0.4) is 0 Å². The zero-order valence-corrected chi connectivity index (χ0v) is 24.9. The largest absolute Gasteiger partial charge is 0.392 e. The van der Waals surface area contributed by atoms with Crippen LogP contribution in [-0.2, 0) is 29.7 Å². The van der Waals surface area contributed by atoms with Gasteiger partial charge in [0.1, 0.15) is 0 Å². The number of tetrazole rings is 1. The van der Waals surface area contributed by atoms with E-state index in [-0.39, 0.29) is 24.7 Å². The van der Waals surface area contributed by atoms with Crippen LogP contribution in [0.2, 0.25) is 0 Å². The average Bonchev–Trinajstić information content (AvgIpc) is 3.51. The Hall–Kier alpha value is -4.42. The topological polar surface area (TPSA) is 124 Å². The summed E-state index contributed by atoms with van der Waals surface area (Å²) in [6.45, 7) is 0.381. The van der Waals surface area contributed by atoms with Crippen molar-refractivity contribution in [3.05, 3.63) is 125 Å². The van der Waals surface area contributed by atoms with Crippen LogP contribution in [0.4, 0.5) is 0 Å². The number of rotatable bonds is 10. The third-order valence-corrected chi connectivity index (χ3v) is 8.61. The highest BCUT2D eigenvalue weighted by molar-refractivity contribution is 7.99. The second-order valence-electron chi connectivity index (χ2n) is 10.4.